The fourth-order valence-electron chi connectivity index (χ4n) is 4.60. The molecule has 3 atom stereocenters. The van der Waals surface area contributed by atoms with Crippen LogP contribution in [0.4, 0.5) is 0 Å². The number of benzene rings is 1. The van der Waals surface area contributed by atoms with Crippen molar-refractivity contribution in [1.29, 1.82) is 5.26 Å². The zero-order valence-corrected chi connectivity index (χ0v) is 14.8. The van der Waals surface area contributed by atoms with Crippen LogP contribution < -0.4 is 0 Å². The molecular formula is C21H19N3O2. The van der Waals surface area contributed by atoms with Gasteiger partial charge in [-0.15, -0.1) is 0 Å². The largest absolute Gasteiger partial charge is 0.293 e. The number of ketones is 1. The van der Waals surface area contributed by atoms with Gasteiger partial charge in [0.1, 0.15) is 6.07 Å². The van der Waals surface area contributed by atoms with Gasteiger partial charge in [-0.2, -0.15) is 10.4 Å². The topological polar surface area (TPSA) is 75.8 Å². The summed E-state index contributed by atoms with van der Waals surface area (Å²) in [6, 6.07) is 12.0. The van der Waals surface area contributed by atoms with E-state index in [4.69, 9.17) is 0 Å². The Kier molecular flexibility index (Phi) is 3.66. The first-order valence-corrected chi connectivity index (χ1v) is 8.81. The number of nitriles is 1. The van der Waals surface area contributed by atoms with Crippen LogP contribution in [0, 0.1) is 23.2 Å². The van der Waals surface area contributed by atoms with Crippen LogP contribution >= 0.6 is 0 Å². The maximum atomic E-state index is 12.6. The molecule has 0 bridgehead atoms. The Hall–Kier alpha value is -3.00. The van der Waals surface area contributed by atoms with E-state index in [1.54, 1.807) is 12.3 Å². The first-order valence-electron chi connectivity index (χ1n) is 8.81. The average molecular weight is 345 g/mol. The summed E-state index contributed by atoms with van der Waals surface area (Å²) in [5.74, 6) is -0.509. The van der Waals surface area contributed by atoms with Crippen molar-refractivity contribution in [3.8, 4) is 6.07 Å². The van der Waals surface area contributed by atoms with Crippen LogP contribution in [0.15, 0.2) is 48.2 Å². The first kappa shape index (κ1) is 16.5. The van der Waals surface area contributed by atoms with Crippen LogP contribution in [-0.4, -0.2) is 21.5 Å². The van der Waals surface area contributed by atoms with Crippen molar-refractivity contribution in [3.63, 3.8) is 0 Å². The van der Waals surface area contributed by atoms with Gasteiger partial charge in [-0.3, -0.25) is 9.59 Å². The molecule has 3 unspecified atom stereocenters. The van der Waals surface area contributed by atoms with E-state index in [9.17, 15) is 14.9 Å². The number of rotatable bonds is 1. The molecule has 0 radical (unpaired) electrons. The maximum Gasteiger partial charge on any atom is 0.243 e. The molecule has 5 heteroatoms. The zero-order chi connectivity index (χ0) is 18.5. The quantitative estimate of drug-likeness (QED) is 0.796. The molecule has 1 aromatic carbocycles. The van der Waals surface area contributed by atoms with E-state index in [2.05, 4.69) is 11.2 Å². The third kappa shape index (κ3) is 2.12. The summed E-state index contributed by atoms with van der Waals surface area (Å²) in [7, 11) is 0. The number of nitrogens with zero attached hydrogens (tertiary/aromatic N) is 3. The molecule has 4 rings (SSSR count). The predicted octanol–water partition coefficient (Wildman–Crippen LogP) is 3.06. The lowest BCUT2D eigenvalue weighted by Crippen LogP contribution is -2.48. The lowest BCUT2D eigenvalue weighted by molar-refractivity contribution is -0.121. The van der Waals surface area contributed by atoms with E-state index in [1.807, 2.05) is 37.3 Å². The van der Waals surface area contributed by atoms with E-state index in [0.717, 1.165) is 29.7 Å². The molecule has 2 aliphatic carbocycles. The Bertz CT molecular complexity index is 980. The minimum Gasteiger partial charge on any atom is -0.293 e. The van der Waals surface area contributed by atoms with E-state index in [1.165, 1.54) is 11.6 Å². The summed E-state index contributed by atoms with van der Waals surface area (Å²) in [6.45, 7) is 3.39. The average Bonchev–Trinajstić information content (AvgIpc) is 3.10. The highest BCUT2D eigenvalue weighted by Gasteiger charge is 2.53. The lowest BCUT2D eigenvalue weighted by atomic mass is 9.54. The second kappa shape index (κ2) is 5.77. The third-order valence-electron chi connectivity index (χ3n) is 5.84. The number of fused-ring (bicyclic) bond motifs is 3. The van der Waals surface area contributed by atoms with E-state index >= 15 is 0 Å². The zero-order valence-electron chi connectivity index (χ0n) is 14.8. The molecule has 1 heterocycles. The van der Waals surface area contributed by atoms with E-state index in [-0.39, 0.29) is 29.1 Å². The van der Waals surface area contributed by atoms with Crippen molar-refractivity contribution in [1.82, 2.24) is 9.78 Å². The van der Waals surface area contributed by atoms with Gasteiger partial charge in [0.2, 0.25) is 5.91 Å². The Balaban J connectivity index is 2.07. The monoisotopic (exact) mass is 345 g/mol. The molecule has 130 valence electrons. The van der Waals surface area contributed by atoms with Gasteiger partial charge in [0.25, 0.3) is 0 Å². The Morgan fingerprint density at radius 1 is 1.35 bits per heavy atom. The number of aromatic nitrogens is 2. The number of hydrogen-bond donors (Lipinski definition) is 0. The number of Topliss-reactive ketones (excluding diaryl/α,β-unsaturated/α-hetero) is 1. The molecule has 0 N–H and O–H groups in total. The van der Waals surface area contributed by atoms with Crippen LogP contribution in [0.3, 0.4) is 0 Å². The molecule has 2 aliphatic rings. The highest BCUT2D eigenvalue weighted by Crippen LogP contribution is 2.53. The minimum absolute atomic E-state index is 0.0114. The van der Waals surface area contributed by atoms with Crippen molar-refractivity contribution in [2.24, 2.45) is 11.8 Å². The highest BCUT2D eigenvalue weighted by atomic mass is 16.2. The number of aryl methyl sites for hydroxylation is 1. The minimum atomic E-state index is -0.659. The summed E-state index contributed by atoms with van der Waals surface area (Å²) in [5, 5.41) is 14.2. The van der Waals surface area contributed by atoms with Gasteiger partial charge in [-0.25, -0.2) is 4.68 Å². The number of allylic oxidation sites excluding steroid dienone is 2. The molecule has 26 heavy (non-hydrogen) atoms. The van der Waals surface area contributed by atoms with Crippen LogP contribution in [0.2, 0.25) is 0 Å². The molecule has 0 aliphatic heterocycles. The Morgan fingerprint density at radius 3 is 2.73 bits per heavy atom. The fourth-order valence-corrected chi connectivity index (χ4v) is 4.60. The molecule has 1 aromatic heterocycles. The first-order chi connectivity index (χ1) is 12.5. The summed E-state index contributed by atoms with van der Waals surface area (Å²) in [6.07, 6.45) is 5.17. The van der Waals surface area contributed by atoms with Crippen LogP contribution in [-0.2, 0) is 16.6 Å². The van der Waals surface area contributed by atoms with Crippen molar-refractivity contribution in [3.05, 3.63) is 65.0 Å². The Labute approximate surface area is 151 Å². The molecule has 5 nitrogen and oxygen atoms in total. The molecule has 0 saturated heterocycles. The molecule has 0 fully saturated rings. The van der Waals surface area contributed by atoms with Gasteiger partial charge in [0.05, 0.1) is 16.7 Å². The predicted molar refractivity (Wildman–Crippen MR) is 95.4 cm³/mol. The molecule has 0 saturated carbocycles. The van der Waals surface area contributed by atoms with Crippen LogP contribution in [0.5, 0.6) is 0 Å². The van der Waals surface area contributed by atoms with Gasteiger partial charge >= 0.3 is 0 Å². The summed E-state index contributed by atoms with van der Waals surface area (Å²) >= 11 is 0. The van der Waals surface area contributed by atoms with Crippen molar-refractivity contribution in [2.45, 2.75) is 32.1 Å². The van der Waals surface area contributed by atoms with Crippen molar-refractivity contribution in [2.75, 3.05) is 0 Å². The van der Waals surface area contributed by atoms with Gasteiger partial charge in [-0.1, -0.05) is 37.3 Å². The summed E-state index contributed by atoms with van der Waals surface area (Å²) < 4.78 is 1.37. The molecule has 0 amide bonds. The number of carbonyl (C=O) groups is 2. The number of carbonyl (C=O) groups excluding carboxylic acids is 2. The van der Waals surface area contributed by atoms with E-state index < -0.39 is 5.41 Å². The summed E-state index contributed by atoms with van der Waals surface area (Å²) in [4.78, 5) is 24.5. The fraction of sp³-hybridized carbons (Fsp3) is 0.333. The maximum absolute atomic E-state index is 12.6. The van der Waals surface area contributed by atoms with Crippen LogP contribution in [0.25, 0.3) is 0 Å². The normalized spacial score (nSPS) is 27.1. The third-order valence-corrected chi connectivity index (χ3v) is 5.84. The van der Waals surface area contributed by atoms with E-state index in [0.29, 0.717) is 0 Å². The van der Waals surface area contributed by atoms with Gasteiger partial charge < -0.3 is 0 Å². The highest BCUT2D eigenvalue weighted by molar-refractivity contribution is 6.02. The molecular weight excluding hydrogens is 326 g/mol. The van der Waals surface area contributed by atoms with Gasteiger partial charge in [-0.05, 0) is 36.0 Å². The van der Waals surface area contributed by atoms with Crippen molar-refractivity contribution >= 4 is 11.7 Å². The van der Waals surface area contributed by atoms with Crippen molar-refractivity contribution < 1.29 is 9.59 Å². The van der Waals surface area contributed by atoms with Gasteiger partial charge in [0, 0.05) is 19.0 Å². The SMILES string of the molecule is CC(=O)n1cc2c(n1)C1(c3ccccc3)C=C(C#N)C(=O)C(C)C1CC2. The standard InChI is InChI=1S/C21H19N3O2/c1-13-18-9-8-15-12-24(14(2)25)23-20(15)21(18,10-16(11-22)19(13)26)17-6-4-3-5-7-17/h3-7,10,12-13,18H,8-9H2,1-2H3. The molecule has 2 aromatic rings. The number of hydrogen-bond acceptors (Lipinski definition) is 4. The molecule has 0 spiro atoms. The second-order valence-electron chi connectivity index (χ2n) is 7.17. The lowest BCUT2D eigenvalue weighted by Gasteiger charge is -2.46. The van der Waals surface area contributed by atoms with Gasteiger partial charge in [0.15, 0.2) is 5.78 Å². The summed E-state index contributed by atoms with van der Waals surface area (Å²) in [5.41, 5.74) is 2.33. The second-order valence-corrected chi connectivity index (χ2v) is 7.17. The van der Waals surface area contributed by atoms with Crippen LogP contribution in [0.1, 0.15) is 41.9 Å². The smallest absolute Gasteiger partial charge is 0.243 e. The Morgan fingerprint density at radius 2 is 2.08 bits per heavy atom.